The van der Waals surface area contributed by atoms with E-state index in [-0.39, 0.29) is 54.1 Å². The molecule has 0 atom stereocenters. The summed E-state index contributed by atoms with van der Waals surface area (Å²) in [6, 6.07) is 7.60. The quantitative estimate of drug-likeness (QED) is 0.392. The van der Waals surface area contributed by atoms with Crippen molar-refractivity contribution in [3.8, 4) is 0 Å². The van der Waals surface area contributed by atoms with Gasteiger partial charge in [0, 0.05) is 43.5 Å². The van der Waals surface area contributed by atoms with E-state index in [1.165, 1.54) is 0 Å². The number of hydrogen-bond donors (Lipinski definition) is 4. The first kappa shape index (κ1) is 27.8. The Hall–Kier alpha value is -2.23. The van der Waals surface area contributed by atoms with Crippen molar-refractivity contribution >= 4 is 48.3 Å². The second kappa shape index (κ2) is 12.5. The van der Waals surface area contributed by atoms with Crippen LogP contribution in [0, 0.1) is 11.3 Å². The second-order valence-electron chi connectivity index (χ2n) is 7.27. The van der Waals surface area contributed by atoms with Gasteiger partial charge in [-0.3, -0.25) is 10.2 Å². The van der Waals surface area contributed by atoms with Crippen LogP contribution in [-0.4, -0.2) is 65.5 Å². The molecule has 1 saturated heterocycles. The molecule has 0 radical (unpaired) electrons. The number of nitrogens with one attached hydrogen (secondary N) is 2. The van der Waals surface area contributed by atoms with Crippen molar-refractivity contribution in [2.24, 2.45) is 11.7 Å². The van der Waals surface area contributed by atoms with E-state index in [1.807, 2.05) is 29.2 Å². The fraction of sp³-hybridized carbons (Fsp3) is 0.526. The van der Waals surface area contributed by atoms with Gasteiger partial charge in [-0.2, -0.15) is 0 Å². The molecule has 1 heterocycles. The maximum absolute atomic E-state index is 12.5. The lowest BCUT2D eigenvalue weighted by molar-refractivity contribution is -0.142. The lowest BCUT2D eigenvalue weighted by atomic mass is 9.86. The van der Waals surface area contributed by atoms with E-state index in [9.17, 15) is 9.59 Å². The van der Waals surface area contributed by atoms with Crippen LogP contribution in [0.1, 0.15) is 31.2 Å². The number of nitrogen functional groups attached to an aromatic ring is 1. The summed E-state index contributed by atoms with van der Waals surface area (Å²) in [7, 11) is 0. The number of anilines is 1. The molecule has 0 spiro atoms. The lowest BCUT2D eigenvalue weighted by Crippen LogP contribution is -2.54. The molecule has 0 unspecified atom stereocenters. The van der Waals surface area contributed by atoms with Crippen LogP contribution in [0.5, 0.6) is 0 Å². The lowest BCUT2D eigenvalue weighted by Gasteiger charge is -2.37. The number of nitrogens with zero attached hydrogens (tertiary/aromatic N) is 2. The SMILES string of the molecule is Cl.Cl.N=C(N)c1ccc(N2CCN(C(=O)N[C@H]3CC[C@H](C(=O)O)CC3)CC2)cc1.O. The molecule has 1 aromatic rings. The molecule has 2 fully saturated rings. The highest BCUT2D eigenvalue weighted by Crippen LogP contribution is 2.24. The van der Waals surface area contributed by atoms with Crippen molar-refractivity contribution in [2.75, 3.05) is 31.1 Å². The normalized spacial score (nSPS) is 20.7. The summed E-state index contributed by atoms with van der Waals surface area (Å²) in [6.45, 7) is 2.78. The first-order valence-electron chi connectivity index (χ1n) is 9.41. The Balaban J connectivity index is 0.00000280. The monoisotopic (exact) mass is 463 g/mol. The van der Waals surface area contributed by atoms with Gasteiger partial charge in [0.2, 0.25) is 0 Å². The molecule has 9 nitrogen and oxygen atoms in total. The van der Waals surface area contributed by atoms with Crippen LogP contribution >= 0.6 is 24.8 Å². The third kappa shape index (κ3) is 6.93. The number of amides is 2. The minimum absolute atomic E-state index is 0. The van der Waals surface area contributed by atoms with E-state index in [2.05, 4.69) is 10.2 Å². The van der Waals surface area contributed by atoms with Gasteiger partial charge in [-0.25, -0.2) is 4.79 Å². The highest BCUT2D eigenvalue weighted by atomic mass is 35.5. The van der Waals surface area contributed by atoms with Crippen LogP contribution < -0.4 is 16.0 Å². The van der Waals surface area contributed by atoms with Crippen LogP contribution in [0.15, 0.2) is 24.3 Å². The van der Waals surface area contributed by atoms with Gasteiger partial charge in [0.05, 0.1) is 5.92 Å². The number of piperazine rings is 1. The molecule has 1 aliphatic carbocycles. The largest absolute Gasteiger partial charge is 0.481 e. The molecule has 1 aliphatic heterocycles. The third-order valence-corrected chi connectivity index (χ3v) is 5.51. The zero-order valence-electron chi connectivity index (χ0n) is 16.7. The summed E-state index contributed by atoms with van der Waals surface area (Å²) in [6.07, 6.45) is 2.71. The first-order valence-corrected chi connectivity index (χ1v) is 9.41. The summed E-state index contributed by atoms with van der Waals surface area (Å²) in [5.41, 5.74) is 7.25. The maximum Gasteiger partial charge on any atom is 0.317 e. The number of rotatable bonds is 4. The molecule has 2 amide bonds. The number of amidine groups is 1. The van der Waals surface area contributed by atoms with Crippen molar-refractivity contribution in [1.82, 2.24) is 10.2 Å². The van der Waals surface area contributed by atoms with Crippen molar-refractivity contribution in [2.45, 2.75) is 31.7 Å². The van der Waals surface area contributed by atoms with E-state index < -0.39 is 5.97 Å². The number of nitrogens with two attached hydrogens (primary N) is 1. The third-order valence-electron chi connectivity index (χ3n) is 5.51. The van der Waals surface area contributed by atoms with Gasteiger partial charge in [0.15, 0.2) is 0 Å². The molecular weight excluding hydrogens is 433 g/mol. The Morgan fingerprint density at radius 1 is 1.00 bits per heavy atom. The standard InChI is InChI=1S/C19H27N5O3.2ClH.H2O/c20-17(21)13-3-7-16(8-4-13)23-9-11-24(12-10-23)19(27)22-15-5-1-14(2-6-15)18(25)26;;;/h3-4,7-8,14-15H,1-2,5-6,9-12H2,(H3,20,21)(H,22,27)(H,25,26);2*1H;1H2/t14-,15-;;;. The highest BCUT2D eigenvalue weighted by molar-refractivity contribution is 5.95. The van der Waals surface area contributed by atoms with Crippen LogP contribution in [-0.2, 0) is 4.79 Å². The Morgan fingerprint density at radius 3 is 2.00 bits per heavy atom. The molecule has 2 aliphatic rings. The van der Waals surface area contributed by atoms with Crippen LogP contribution in [0.3, 0.4) is 0 Å². The van der Waals surface area contributed by atoms with Crippen molar-refractivity contribution < 1.29 is 20.2 Å². The summed E-state index contributed by atoms with van der Waals surface area (Å²) < 4.78 is 0. The van der Waals surface area contributed by atoms with Crippen molar-refractivity contribution in [1.29, 1.82) is 5.41 Å². The van der Waals surface area contributed by atoms with E-state index in [0.717, 1.165) is 31.6 Å². The fourth-order valence-corrected chi connectivity index (χ4v) is 3.77. The first-order chi connectivity index (χ1) is 12.9. The molecule has 1 saturated carbocycles. The summed E-state index contributed by atoms with van der Waals surface area (Å²) in [5, 5.41) is 19.6. The molecular formula is C19H31Cl2N5O4. The molecule has 7 N–H and O–H groups in total. The van der Waals surface area contributed by atoms with Crippen LogP contribution in [0.25, 0.3) is 0 Å². The minimum Gasteiger partial charge on any atom is -0.481 e. The van der Waals surface area contributed by atoms with Gasteiger partial charge in [-0.15, -0.1) is 24.8 Å². The predicted octanol–water partition coefficient (Wildman–Crippen LogP) is 1.46. The number of carbonyl (C=O) groups excluding carboxylic acids is 1. The molecule has 0 aromatic heterocycles. The molecule has 170 valence electrons. The smallest absolute Gasteiger partial charge is 0.317 e. The van der Waals surface area contributed by atoms with Gasteiger partial charge in [-0.1, -0.05) is 0 Å². The van der Waals surface area contributed by atoms with E-state index in [0.29, 0.717) is 31.5 Å². The summed E-state index contributed by atoms with van der Waals surface area (Å²) in [4.78, 5) is 27.5. The van der Waals surface area contributed by atoms with E-state index >= 15 is 0 Å². The minimum atomic E-state index is -0.729. The van der Waals surface area contributed by atoms with Gasteiger partial charge in [0.25, 0.3) is 0 Å². The Labute approximate surface area is 188 Å². The number of benzene rings is 1. The van der Waals surface area contributed by atoms with Gasteiger partial charge < -0.3 is 31.4 Å². The van der Waals surface area contributed by atoms with Gasteiger partial charge in [-0.05, 0) is 49.9 Å². The maximum atomic E-state index is 12.5. The second-order valence-corrected chi connectivity index (χ2v) is 7.27. The topological polar surface area (TPSA) is 154 Å². The average Bonchev–Trinajstić information content (AvgIpc) is 2.68. The molecule has 0 bridgehead atoms. The number of carboxylic acid groups (broad SMARTS) is 1. The van der Waals surface area contributed by atoms with Crippen LogP contribution in [0.2, 0.25) is 0 Å². The number of carboxylic acids is 1. The number of aliphatic carboxylic acids is 1. The van der Waals surface area contributed by atoms with Crippen LogP contribution in [0.4, 0.5) is 10.5 Å². The number of carbonyl (C=O) groups is 2. The molecule has 3 rings (SSSR count). The average molecular weight is 464 g/mol. The fourth-order valence-electron chi connectivity index (χ4n) is 3.77. The molecule has 1 aromatic carbocycles. The zero-order chi connectivity index (χ0) is 19.4. The number of halogens is 2. The zero-order valence-corrected chi connectivity index (χ0v) is 18.3. The Morgan fingerprint density at radius 2 is 1.53 bits per heavy atom. The summed E-state index contributed by atoms with van der Waals surface area (Å²) in [5.74, 6) is -0.941. The Bertz CT molecular complexity index is 703. The molecule has 30 heavy (non-hydrogen) atoms. The highest BCUT2D eigenvalue weighted by Gasteiger charge is 2.28. The van der Waals surface area contributed by atoms with Gasteiger partial charge in [0.1, 0.15) is 5.84 Å². The van der Waals surface area contributed by atoms with E-state index in [1.54, 1.807) is 0 Å². The number of hydrogen-bond acceptors (Lipinski definition) is 4. The number of urea groups is 1. The Kier molecular flexibility index (Phi) is 11.5. The van der Waals surface area contributed by atoms with Crippen molar-refractivity contribution in [3.05, 3.63) is 29.8 Å². The van der Waals surface area contributed by atoms with E-state index in [4.69, 9.17) is 16.2 Å². The molecule has 11 heteroatoms. The summed E-state index contributed by atoms with van der Waals surface area (Å²) >= 11 is 0. The predicted molar refractivity (Wildman–Crippen MR) is 121 cm³/mol. The van der Waals surface area contributed by atoms with Gasteiger partial charge >= 0.3 is 12.0 Å². The van der Waals surface area contributed by atoms with Crippen molar-refractivity contribution in [3.63, 3.8) is 0 Å².